The molecule has 166 valence electrons. The predicted octanol–water partition coefficient (Wildman–Crippen LogP) is 5.15. The summed E-state index contributed by atoms with van der Waals surface area (Å²) in [5.41, 5.74) is 4.34. The SMILES string of the molecule is COc1cc(/C=N/NC(=O)COc2ccc(Cl)cc2Cl)ccc1OCCc1ccccc1. The van der Waals surface area contributed by atoms with Crippen molar-refractivity contribution in [2.24, 2.45) is 5.10 Å². The Morgan fingerprint density at radius 2 is 1.75 bits per heavy atom. The number of ether oxygens (including phenoxy) is 3. The molecule has 1 N–H and O–H groups in total. The molecule has 3 aromatic carbocycles. The van der Waals surface area contributed by atoms with Gasteiger partial charge in [-0.1, -0.05) is 53.5 Å². The highest BCUT2D eigenvalue weighted by Crippen LogP contribution is 2.28. The van der Waals surface area contributed by atoms with Crippen LogP contribution in [0, 0.1) is 0 Å². The topological polar surface area (TPSA) is 69.2 Å². The van der Waals surface area contributed by atoms with Gasteiger partial charge in [-0.2, -0.15) is 5.10 Å². The van der Waals surface area contributed by atoms with Crippen molar-refractivity contribution in [2.45, 2.75) is 6.42 Å². The van der Waals surface area contributed by atoms with Crippen LogP contribution in [-0.4, -0.2) is 32.4 Å². The van der Waals surface area contributed by atoms with Crippen LogP contribution < -0.4 is 19.6 Å². The molecule has 0 radical (unpaired) electrons. The highest BCUT2D eigenvalue weighted by Gasteiger charge is 2.07. The molecule has 0 unspecified atom stereocenters. The van der Waals surface area contributed by atoms with E-state index < -0.39 is 5.91 Å². The van der Waals surface area contributed by atoms with E-state index in [1.807, 2.05) is 24.3 Å². The molecule has 0 spiro atoms. The zero-order valence-corrected chi connectivity index (χ0v) is 18.9. The molecule has 6 nitrogen and oxygen atoms in total. The summed E-state index contributed by atoms with van der Waals surface area (Å²) in [5.74, 6) is 1.15. The number of hydrogen-bond acceptors (Lipinski definition) is 5. The Labute approximate surface area is 196 Å². The van der Waals surface area contributed by atoms with Crippen LogP contribution in [0.2, 0.25) is 10.0 Å². The Balaban J connectivity index is 1.48. The lowest BCUT2D eigenvalue weighted by atomic mass is 10.2. The summed E-state index contributed by atoms with van der Waals surface area (Å²) in [5, 5.41) is 4.75. The summed E-state index contributed by atoms with van der Waals surface area (Å²) in [6.07, 6.45) is 2.30. The maximum absolute atomic E-state index is 11.9. The lowest BCUT2D eigenvalue weighted by Crippen LogP contribution is -2.24. The molecular formula is C24H22Cl2N2O4. The zero-order valence-electron chi connectivity index (χ0n) is 17.4. The van der Waals surface area contributed by atoms with E-state index >= 15 is 0 Å². The Bertz CT molecular complexity index is 1070. The molecular weight excluding hydrogens is 451 g/mol. The maximum atomic E-state index is 11.9. The second-order valence-corrected chi connectivity index (χ2v) is 7.49. The van der Waals surface area contributed by atoms with Crippen LogP contribution in [0.25, 0.3) is 0 Å². The Morgan fingerprint density at radius 3 is 2.50 bits per heavy atom. The maximum Gasteiger partial charge on any atom is 0.277 e. The summed E-state index contributed by atoms with van der Waals surface area (Å²) in [7, 11) is 1.57. The van der Waals surface area contributed by atoms with Gasteiger partial charge < -0.3 is 14.2 Å². The predicted molar refractivity (Wildman–Crippen MR) is 126 cm³/mol. The number of carbonyl (C=O) groups is 1. The number of hydrogen-bond donors (Lipinski definition) is 1. The molecule has 0 saturated carbocycles. The van der Waals surface area contributed by atoms with Gasteiger partial charge in [0.15, 0.2) is 18.1 Å². The quantitative estimate of drug-likeness (QED) is 0.327. The molecule has 0 saturated heterocycles. The fourth-order valence-electron chi connectivity index (χ4n) is 2.75. The molecule has 0 aromatic heterocycles. The minimum absolute atomic E-state index is 0.240. The van der Waals surface area contributed by atoms with Crippen molar-refractivity contribution >= 4 is 35.3 Å². The average molecular weight is 473 g/mol. The van der Waals surface area contributed by atoms with E-state index in [-0.39, 0.29) is 6.61 Å². The minimum atomic E-state index is -0.430. The second kappa shape index (κ2) is 12.0. The van der Waals surface area contributed by atoms with Crippen molar-refractivity contribution < 1.29 is 19.0 Å². The Morgan fingerprint density at radius 1 is 0.969 bits per heavy atom. The van der Waals surface area contributed by atoms with Crippen LogP contribution in [-0.2, 0) is 11.2 Å². The zero-order chi connectivity index (χ0) is 22.8. The second-order valence-electron chi connectivity index (χ2n) is 6.65. The van der Waals surface area contributed by atoms with Crippen molar-refractivity contribution in [3.05, 3.63) is 87.9 Å². The van der Waals surface area contributed by atoms with E-state index in [1.54, 1.807) is 31.4 Å². The number of halogens is 2. The summed E-state index contributed by atoms with van der Waals surface area (Å²) in [6.45, 7) is 0.289. The third-order valence-corrected chi connectivity index (χ3v) is 4.86. The first-order chi connectivity index (χ1) is 15.5. The van der Waals surface area contributed by atoms with Crippen molar-refractivity contribution in [1.82, 2.24) is 5.43 Å². The molecule has 0 bridgehead atoms. The standard InChI is InChI=1S/C24H22Cl2N2O4/c1-30-23-13-18(7-9-22(23)31-12-11-17-5-3-2-4-6-17)15-27-28-24(29)16-32-21-10-8-19(25)14-20(21)26/h2-10,13-15H,11-12,16H2,1H3,(H,28,29)/b27-15+. The first-order valence-electron chi connectivity index (χ1n) is 9.79. The molecule has 3 aromatic rings. The van der Waals surface area contributed by atoms with Gasteiger partial charge in [0.2, 0.25) is 0 Å². The third-order valence-electron chi connectivity index (χ3n) is 4.33. The Kier molecular flexibility index (Phi) is 8.78. The van der Waals surface area contributed by atoms with Crippen LogP contribution in [0.1, 0.15) is 11.1 Å². The first-order valence-corrected chi connectivity index (χ1v) is 10.6. The summed E-state index contributed by atoms with van der Waals surface area (Å²) < 4.78 is 16.6. The Hall–Kier alpha value is -3.22. The third kappa shape index (κ3) is 7.18. The number of methoxy groups -OCH3 is 1. The normalized spacial score (nSPS) is 10.7. The molecule has 0 fully saturated rings. The molecule has 3 rings (SSSR count). The van der Waals surface area contributed by atoms with Gasteiger partial charge in [-0.15, -0.1) is 0 Å². The number of rotatable bonds is 10. The number of nitrogens with zero attached hydrogens (tertiary/aromatic N) is 1. The summed E-state index contributed by atoms with van der Waals surface area (Å²) in [4.78, 5) is 11.9. The van der Waals surface area contributed by atoms with E-state index in [0.29, 0.717) is 33.9 Å². The first kappa shape index (κ1) is 23.4. The van der Waals surface area contributed by atoms with Crippen LogP contribution in [0.5, 0.6) is 17.2 Å². The smallest absolute Gasteiger partial charge is 0.277 e. The average Bonchev–Trinajstić information content (AvgIpc) is 2.80. The highest BCUT2D eigenvalue weighted by molar-refractivity contribution is 6.35. The fraction of sp³-hybridized carbons (Fsp3) is 0.167. The molecule has 1 amide bonds. The van der Waals surface area contributed by atoms with E-state index in [1.165, 1.54) is 17.8 Å². The van der Waals surface area contributed by atoms with Gasteiger partial charge in [-0.25, -0.2) is 5.43 Å². The molecule has 8 heteroatoms. The van der Waals surface area contributed by atoms with Crippen LogP contribution >= 0.6 is 23.2 Å². The van der Waals surface area contributed by atoms with Gasteiger partial charge in [0.1, 0.15) is 5.75 Å². The van der Waals surface area contributed by atoms with Gasteiger partial charge in [-0.3, -0.25) is 4.79 Å². The van der Waals surface area contributed by atoms with Crippen LogP contribution in [0.4, 0.5) is 0 Å². The van der Waals surface area contributed by atoms with Gasteiger partial charge in [0, 0.05) is 11.4 Å². The van der Waals surface area contributed by atoms with Gasteiger partial charge in [0.05, 0.1) is 25.0 Å². The van der Waals surface area contributed by atoms with Crippen LogP contribution in [0.3, 0.4) is 0 Å². The fourth-order valence-corrected chi connectivity index (χ4v) is 3.22. The number of nitrogens with one attached hydrogen (secondary N) is 1. The molecule has 0 aliphatic heterocycles. The van der Waals surface area contributed by atoms with Gasteiger partial charge in [0.25, 0.3) is 5.91 Å². The number of carbonyl (C=O) groups excluding carboxylic acids is 1. The van der Waals surface area contributed by atoms with Crippen molar-refractivity contribution in [2.75, 3.05) is 20.3 Å². The van der Waals surface area contributed by atoms with Crippen molar-refractivity contribution in [1.29, 1.82) is 0 Å². The largest absolute Gasteiger partial charge is 0.493 e. The highest BCUT2D eigenvalue weighted by atomic mass is 35.5. The van der Waals surface area contributed by atoms with E-state index in [4.69, 9.17) is 37.4 Å². The molecule has 32 heavy (non-hydrogen) atoms. The monoisotopic (exact) mass is 472 g/mol. The van der Waals surface area contributed by atoms with Crippen molar-refractivity contribution in [3.8, 4) is 17.2 Å². The summed E-state index contributed by atoms with van der Waals surface area (Å²) >= 11 is 11.8. The van der Waals surface area contributed by atoms with Crippen LogP contribution in [0.15, 0.2) is 71.8 Å². The summed E-state index contributed by atoms with van der Waals surface area (Å²) in [6, 6.07) is 20.3. The van der Waals surface area contributed by atoms with E-state index in [9.17, 15) is 4.79 Å². The minimum Gasteiger partial charge on any atom is -0.493 e. The molecule has 0 heterocycles. The number of hydrazone groups is 1. The van der Waals surface area contributed by atoms with Gasteiger partial charge in [-0.05, 0) is 47.5 Å². The van der Waals surface area contributed by atoms with E-state index in [2.05, 4.69) is 22.7 Å². The lowest BCUT2D eigenvalue weighted by molar-refractivity contribution is -0.123. The van der Waals surface area contributed by atoms with E-state index in [0.717, 1.165) is 12.0 Å². The molecule has 0 aliphatic carbocycles. The number of benzene rings is 3. The lowest BCUT2D eigenvalue weighted by Gasteiger charge is -2.11. The van der Waals surface area contributed by atoms with Crippen molar-refractivity contribution in [3.63, 3.8) is 0 Å². The van der Waals surface area contributed by atoms with Gasteiger partial charge >= 0.3 is 0 Å². The molecule has 0 aliphatic rings. The number of amides is 1. The molecule has 0 atom stereocenters.